The third-order valence-corrected chi connectivity index (χ3v) is 4.89. The summed E-state index contributed by atoms with van der Waals surface area (Å²) in [6.07, 6.45) is 3.72. The van der Waals surface area contributed by atoms with E-state index in [2.05, 4.69) is 26.1 Å². The molecule has 0 saturated carbocycles. The molecule has 0 amide bonds. The number of nitro benzene ring substituents is 1. The fourth-order valence-electron chi connectivity index (χ4n) is 3.21. The van der Waals surface area contributed by atoms with E-state index >= 15 is 0 Å². The first-order chi connectivity index (χ1) is 9.61. The summed E-state index contributed by atoms with van der Waals surface area (Å²) < 4.78 is 0.544. The van der Waals surface area contributed by atoms with E-state index in [1.165, 1.54) is 19.3 Å². The molecule has 0 aliphatic carbocycles. The first kappa shape index (κ1) is 14.0. The van der Waals surface area contributed by atoms with Gasteiger partial charge in [-0.2, -0.15) is 0 Å². The number of halogens is 1. The third kappa shape index (κ3) is 3.02. The van der Waals surface area contributed by atoms with Crippen molar-refractivity contribution in [3.05, 3.63) is 38.3 Å². The van der Waals surface area contributed by atoms with Crippen molar-refractivity contribution >= 4 is 21.6 Å². The Morgan fingerprint density at radius 1 is 1.35 bits per heavy atom. The van der Waals surface area contributed by atoms with Gasteiger partial charge in [-0.15, -0.1) is 0 Å². The monoisotopic (exact) mass is 339 g/mol. The summed E-state index contributed by atoms with van der Waals surface area (Å²) in [6.45, 7) is 2.90. The number of nitrogens with zero attached hydrogens (tertiary/aromatic N) is 2. The van der Waals surface area contributed by atoms with Crippen LogP contribution >= 0.6 is 15.9 Å². The number of hydrogen-bond donors (Lipinski definition) is 1. The first-order valence-electron chi connectivity index (χ1n) is 7.03. The normalized spacial score (nSPS) is 26.4. The highest BCUT2D eigenvalue weighted by Gasteiger charge is 2.29. The van der Waals surface area contributed by atoms with Gasteiger partial charge >= 0.3 is 0 Å². The minimum Gasteiger partial charge on any atom is -0.310 e. The van der Waals surface area contributed by atoms with Crippen molar-refractivity contribution in [2.75, 3.05) is 13.1 Å². The fourth-order valence-corrected chi connectivity index (χ4v) is 3.61. The van der Waals surface area contributed by atoms with E-state index in [-0.39, 0.29) is 10.6 Å². The molecule has 6 heteroatoms. The quantitative estimate of drug-likeness (QED) is 0.679. The Hall–Kier alpha value is -0.980. The van der Waals surface area contributed by atoms with Gasteiger partial charge in [-0.05, 0) is 46.8 Å². The van der Waals surface area contributed by atoms with Gasteiger partial charge in [0.05, 0.1) is 9.40 Å². The lowest BCUT2D eigenvalue weighted by Gasteiger charge is -2.23. The highest BCUT2D eigenvalue weighted by molar-refractivity contribution is 9.10. The highest BCUT2D eigenvalue weighted by atomic mass is 79.9. The molecule has 20 heavy (non-hydrogen) atoms. The number of nitrogens with one attached hydrogen (secondary N) is 1. The van der Waals surface area contributed by atoms with E-state index in [9.17, 15) is 10.1 Å². The number of nitro groups is 1. The Labute approximate surface area is 126 Å². The fraction of sp³-hybridized carbons (Fsp3) is 0.571. The van der Waals surface area contributed by atoms with Gasteiger partial charge in [0.2, 0.25) is 0 Å². The zero-order valence-corrected chi connectivity index (χ0v) is 12.8. The van der Waals surface area contributed by atoms with Gasteiger partial charge in [-0.25, -0.2) is 0 Å². The molecule has 2 heterocycles. The molecule has 0 radical (unpaired) electrons. The van der Waals surface area contributed by atoms with Crippen LogP contribution in [0.25, 0.3) is 0 Å². The Morgan fingerprint density at radius 2 is 2.15 bits per heavy atom. The van der Waals surface area contributed by atoms with Gasteiger partial charge in [0, 0.05) is 37.8 Å². The third-order valence-electron chi connectivity index (χ3n) is 4.22. The Kier molecular flexibility index (Phi) is 4.05. The number of fused-ring (bicyclic) bond motifs is 2. The van der Waals surface area contributed by atoms with Gasteiger partial charge in [-0.1, -0.05) is 6.07 Å². The molecule has 2 atom stereocenters. The molecular formula is C14H18BrN3O2. The summed E-state index contributed by atoms with van der Waals surface area (Å²) in [4.78, 5) is 13.1. The van der Waals surface area contributed by atoms with Crippen LogP contribution < -0.4 is 5.32 Å². The molecule has 1 N–H and O–H groups in total. The van der Waals surface area contributed by atoms with Gasteiger partial charge < -0.3 is 5.32 Å². The molecule has 5 nitrogen and oxygen atoms in total. The number of rotatable bonds is 3. The second-order valence-electron chi connectivity index (χ2n) is 5.70. The topological polar surface area (TPSA) is 58.4 Å². The summed E-state index contributed by atoms with van der Waals surface area (Å²) in [5, 5.41) is 14.6. The molecule has 2 saturated heterocycles. The molecule has 1 aromatic carbocycles. The molecular weight excluding hydrogens is 322 g/mol. The second-order valence-corrected chi connectivity index (χ2v) is 6.56. The first-order valence-corrected chi connectivity index (χ1v) is 7.82. The van der Waals surface area contributed by atoms with E-state index in [0.29, 0.717) is 16.6 Å². The van der Waals surface area contributed by atoms with Crippen molar-refractivity contribution in [1.29, 1.82) is 0 Å². The van der Waals surface area contributed by atoms with E-state index < -0.39 is 0 Å². The van der Waals surface area contributed by atoms with Crippen molar-refractivity contribution in [2.24, 2.45) is 0 Å². The Bertz CT molecular complexity index is 523. The second kappa shape index (κ2) is 5.79. The van der Waals surface area contributed by atoms with Crippen LogP contribution in [0.4, 0.5) is 5.69 Å². The van der Waals surface area contributed by atoms with Crippen LogP contribution in [0.2, 0.25) is 0 Å². The zero-order valence-electron chi connectivity index (χ0n) is 11.2. The molecule has 2 fully saturated rings. The van der Waals surface area contributed by atoms with Crippen LogP contribution in [0.15, 0.2) is 22.7 Å². The van der Waals surface area contributed by atoms with Crippen molar-refractivity contribution in [3.8, 4) is 0 Å². The van der Waals surface area contributed by atoms with Crippen LogP contribution in [0, 0.1) is 10.1 Å². The molecule has 2 aliphatic rings. The van der Waals surface area contributed by atoms with Crippen molar-refractivity contribution in [2.45, 2.75) is 37.9 Å². The van der Waals surface area contributed by atoms with Gasteiger partial charge in [0.15, 0.2) is 0 Å². The minimum atomic E-state index is -0.334. The SMILES string of the molecule is O=[N+]([O-])c1cc(CN2CCC3CCC(C2)N3)ccc1Br. The van der Waals surface area contributed by atoms with Crippen molar-refractivity contribution in [1.82, 2.24) is 10.2 Å². The average molecular weight is 340 g/mol. The van der Waals surface area contributed by atoms with E-state index in [0.717, 1.165) is 25.2 Å². The van der Waals surface area contributed by atoms with Crippen molar-refractivity contribution in [3.63, 3.8) is 0 Å². The largest absolute Gasteiger partial charge is 0.310 e. The Morgan fingerprint density at radius 3 is 2.95 bits per heavy atom. The number of likely N-dealkylation sites (tertiary alicyclic amines) is 1. The molecule has 3 rings (SSSR count). The van der Waals surface area contributed by atoms with Gasteiger partial charge in [0.1, 0.15) is 0 Å². The van der Waals surface area contributed by atoms with E-state index in [4.69, 9.17) is 0 Å². The lowest BCUT2D eigenvalue weighted by molar-refractivity contribution is -0.385. The molecule has 2 bridgehead atoms. The molecule has 1 aromatic rings. The molecule has 0 aromatic heterocycles. The minimum absolute atomic E-state index is 0.150. The zero-order chi connectivity index (χ0) is 14.1. The summed E-state index contributed by atoms with van der Waals surface area (Å²) in [5.41, 5.74) is 1.16. The number of hydrogen-bond acceptors (Lipinski definition) is 4. The van der Waals surface area contributed by atoms with Crippen LogP contribution in [0.5, 0.6) is 0 Å². The molecule has 2 aliphatic heterocycles. The van der Waals surface area contributed by atoms with Crippen LogP contribution in [-0.2, 0) is 6.54 Å². The average Bonchev–Trinajstić information content (AvgIpc) is 2.74. The molecule has 108 valence electrons. The molecule has 0 spiro atoms. The van der Waals surface area contributed by atoms with Crippen LogP contribution in [0.3, 0.4) is 0 Å². The van der Waals surface area contributed by atoms with Gasteiger partial charge in [-0.3, -0.25) is 15.0 Å². The predicted octanol–water partition coefficient (Wildman–Crippen LogP) is 2.68. The highest BCUT2D eigenvalue weighted by Crippen LogP contribution is 2.27. The maximum Gasteiger partial charge on any atom is 0.283 e. The van der Waals surface area contributed by atoms with Crippen LogP contribution in [0.1, 0.15) is 24.8 Å². The summed E-state index contributed by atoms with van der Waals surface area (Å²) in [6, 6.07) is 6.68. The standard InChI is InChI=1S/C14H18BrN3O2/c15-13-4-1-10(7-14(13)18(19)20)8-17-6-5-11-2-3-12(9-17)16-11/h1,4,7,11-12,16H,2-3,5-6,8-9H2. The lowest BCUT2D eigenvalue weighted by atomic mass is 10.1. The van der Waals surface area contributed by atoms with Crippen LogP contribution in [-0.4, -0.2) is 35.0 Å². The predicted molar refractivity (Wildman–Crippen MR) is 80.6 cm³/mol. The maximum atomic E-state index is 11.0. The van der Waals surface area contributed by atoms with Gasteiger partial charge in [0.25, 0.3) is 5.69 Å². The summed E-state index contributed by atoms with van der Waals surface area (Å²) in [5.74, 6) is 0. The van der Waals surface area contributed by atoms with E-state index in [1.54, 1.807) is 12.1 Å². The maximum absolute atomic E-state index is 11.0. The summed E-state index contributed by atoms with van der Waals surface area (Å²) >= 11 is 3.23. The lowest BCUT2D eigenvalue weighted by Crippen LogP contribution is -2.34. The van der Waals surface area contributed by atoms with E-state index in [1.807, 2.05) is 6.07 Å². The Balaban J connectivity index is 1.71. The smallest absolute Gasteiger partial charge is 0.283 e. The summed E-state index contributed by atoms with van der Waals surface area (Å²) in [7, 11) is 0. The molecule has 2 unspecified atom stereocenters. The van der Waals surface area contributed by atoms with Crippen molar-refractivity contribution < 1.29 is 4.92 Å². The number of benzene rings is 1.